The van der Waals surface area contributed by atoms with Gasteiger partial charge in [-0.3, -0.25) is 0 Å². The van der Waals surface area contributed by atoms with E-state index in [0.717, 1.165) is 10.0 Å². The molecule has 0 saturated carbocycles. The molecule has 0 spiro atoms. The highest BCUT2D eigenvalue weighted by Crippen LogP contribution is 2.23. The predicted octanol–water partition coefficient (Wildman–Crippen LogP) is 4.58. The van der Waals surface area contributed by atoms with Crippen LogP contribution >= 0.6 is 31.9 Å². The van der Waals surface area contributed by atoms with Gasteiger partial charge in [0.2, 0.25) is 0 Å². The Morgan fingerprint density at radius 1 is 1.10 bits per heavy atom. The molecule has 5 heteroatoms. The van der Waals surface area contributed by atoms with Crippen LogP contribution in [0.3, 0.4) is 0 Å². The average Bonchev–Trinajstić information content (AvgIpc) is 2.47. The first kappa shape index (κ1) is 15.1. The van der Waals surface area contributed by atoms with Crippen molar-refractivity contribution in [1.82, 2.24) is 0 Å². The Kier molecular flexibility index (Phi) is 5.20. The van der Waals surface area contributed by atoms with Crippen LogP contribution in [0.25, 0.3) is 0 Å². The van der Waals surface area contributed by atoms with Crippen molar-refractivity contribution < 1.29 is 14.3 Å². The fraction of sp³-hybridized carbons (Fsp3) is 0.133. The summed E-state index contributed by atoms with van der Waals surface area (Å²) in [4.78, 5) is 12.1. The normalized spacial score (nSPS) is 10.2. The quantitative estimate of drug-likeness (QED) is 0.706. The van der Waals surface area contributed by atoms with Gasteiger partial charge in [-0.2, -0.15) is 0 Å². The van der Waals surface area contributed by atoms with Crippen molar-refractivity contribution in [1.29, 1.82) is 0 Å². The van der Waals surface area contributed by atoms with Crippen molar-refractivity contribution in [2.45, 2.75) is 6.61 Å². The highest BCUT2D eigenvalue weighted by Gasteiger charge is 2.13. The molecular weight excluding hydrogens is 388 g/mol. The summed E-state index contributed by atoms with van der Waals surface area (Å²) in [5.41, 5.74) is 1.38. The molecule has 0 aromatic heterocycles. The summed E-state index contributed by atoms with van der Waals surface area (Å²) in [6.45, 7) is 0.232. The van der Waals surface area contributed by atoms with E-state index in [1.165, 1.54) is 0 Å². The number of halogens is 2. The van der Waals surface area contributed by atoms with Crippen molar-refractivity contribution in [3.63, 3.8) is 0 Å². The summed E-state index contributed by atoms with van der Waals surface area (Å²) in [6, 6.07) is 12.8. The van der Waals surface area contributed by atoms with Gasteiger partial charge in [0, 0.05) is 8.95 Å². The fourth-order valence-electron chi connectivity index (χ4n) is 1.60. The number of hydrogen-bond donors (Lipinski definition) is 0. The molecular formula is C15H12Br2O3. The summed E-state index contributed by atoms with van der Waals surface area (Å²) >= 11 is 6.69. The van der Waals surface area contributed by atoms with E-state index in [1.807, 2.05) is 24.3 Å². The minimum atomic E-state index is -0.390. The molecule has 2 aromatic rings. The van der Waals surface area contributed by atoms with Gasteiger partial charge in [0.25, 0.3) is 0 Å². The third-order valence-electron chi connectivity index (χ3n) is 2.68. The minimum Gasteiger partial charge on any atom is -0.497 e. The van der Waals surface area contributed by atoms with Crippen molar-refractivity contribution in [2.75, 3.05) is 7.11 Å². The Hall–Kier alpha value is -1.33. The first-order valence-electron chi connectivity index (χ1n) is 5.85. The summed E-state index contributed by atoms with van der Waals surface area (Å²) in [5, 5.41) is 0. The molecule has 0 unspecified atom stereocenters. The van der Waals surface area contributed by atoms with E-state index in [9.17, 15) is 4.79 Å². The third-order valence-corrected chi connectivity index (χ3v) is 3.90. The standard InChI is InChI=1S/C15H12Br2O3/c1-19-12-6-7-14(17)13(8-12)15(18)20-9-10-2-4-11(16)5-3-10/h2-8H,9H2,1H3. The summed E-state index contributed by atoms with van der Waals surface area (Å²) in [7, 11) is 1.56. The van der Waals surface area contributed by atoms with Crippen molar-refractivity contribution in [3.8, 4) is 5.75 Å². The Balaban J connectivity index is 2.06. The van der Waals surface area contributed by atoms with E-state index in [4.69, 9.17) is 9.47 Å². The Bertz CT molecular complexity index is 609. The van der Waals surface area contributed by atoms with Gasteiger partial charge in [-0.15, -0.1) is 0 Å². The number of esters is 1. The van der Waals surface area contributed by atoms with Crippen molar-refractivity contribution in [2.24, 2.45) is 0 Å². The first-order chi connectivity index (χ1) is 9.60. The Morgan fingerprint density at radius 3 is 2.45 bits per heavy atom. The van der Waals surface area contributed by atoms with Crippen LogP contribution in [-0.2, 0) is 11.3 Å². The number of hydrogen-bond acceptors (Lipinski definition) is 3. The van der Waals surface area contributed by atoms with E-state index >= 15 is 0 Å². The number of carbonyl (C=O) groups is 1. The summed E-state index contributed by atoms with van der Waals surface area (Å²) in [5.74, 6) is 0.225. The summed E-state index contributed by atoms with van der Waals surface area (Å²) in [6.07, 6.45) is 0. The number of ether oxygens (including phenoxy) is 2. The zero-order valence-electron chi connectivity index (χ0n) is 10.7. The smallest absolute Gasteiger partial charge is 0.339 e. The van der Waals surface area contributed by atoms with Crippen LogP contribution < -0.4 is 4.74 Å². The molecule has 2 rings (SSSR count). The van der Waals surface area contributed by atoms with E-state index in [0.29, 0.717) is 15.8 Å². The number of rotatable bonds is 4. The molecule has 104 valence electrons. The van der Waals surface area contributed by atoms with E-state index in [1.54, 1.807) is 25.3 Å². The SMILES string of the molecule is COc1ccc(Br)c(C(=O)OCc2ccc(Br)cc2)c1. The maximum absolute atomic E-state index is 12.1. The second-order valence-electron chi connectivity index (χ2n) is 4.05. The highest BCUT2D eigenvalue weighted by molar-refractivity contribution is 9.10. The average molecular weight is 400 g/mol. The summed E-state index contributed by atoms with van der Waals surface area (Å²) < 4.78 is 12.1. The van der Waals surface area contributed by atoms with Gasteiger partial charge in [-0.05, 0) is 51.8 Å². The monoisotopic (exact) mass is 398 g/mol. The van der Waals surface area contributed by atoms with Gasteiger partial charge in [-0.1, -0.05) is 28.1 Å². The van der Waals surface area contributed by atoms with Gasteiger partial charge in [0.05, 0.1) is 12.7 Å². The Morgan fingerprint density at radius 2 is 1.80 bits per heavy atom. The number of methoxy groups -OCH3 is 1. The molecule has 0 aliphatic carbocycles. The molecule has 0 N–H and O–H groups in total. The lowest BCUT2D eigenvalue weighted by molar-refractivity contribution is 0.0471. The molecule has 0 heterocycles. The van der Waals surface area contributed by atoms with Gasteiger partial charge < -0.3 is 9.47 Å². The maximum Gasteiger partial charge on any atom is 0.339 e. The molecule has 2 aromatic carbocycles. The zero-order chi connectivity index (χ0) is 14.5. The van der Waals surface area contributed by atoms with Crippen molar-refractivity contribution in [3.05, 3.63) is 62.5 Å². The molecule has 0 radical (unpaired) electrons. The van der Waals surface area contributed by atoms with E-state index in [-0.39, 0.29) is 6.61 Å². The highest BCUT2D eigenvalue weighted by atomic mass is 79.9. The predicted molar refractivity (Wildman–Crippen MR) is 84.0 cm³/mol. The first-order valence-corrected chi connectivity index (χ1v) is 7.44. The van der Waals surface area contributed by atoms with Crippen LogP contribution in [0.1, 0.15) is 15.9 Å². The fourth-order valence-corrected chi connectivity index (χ4v) is 2.27. The second kappa shape index (κ2) is 6.90. The molecule has 0 fully saturated rings. The van der Waals surface area contributed by atoms with Gasteiger partial charge in [0.1, 0.15) is 12.4 Å². The number of carbonyl (C=O) groups excluding carboxylic acids is 1. The topological polar surface area (TPSA) is 35.5 Å². The maximum atomic E-state index is 12.1. The molecule has 20 heavy (non-hydrogen) atoms. The molecule has 0 atom stereocenters. The molecule has 3 nitrogen and oxygen atoms in total. The van der Waals surface area contributed by atoms with Crippen LogP contribution in [-0.4, -0.2) is 13.1 Å². The zero-order valence-corrected chi connectivity index (χ0v) is 13.9. The lowest BCUT2D eigenvalue weighted by atomic mass is 10.2. The van der Waals surface area contributed by atoms with Gasteiger partial charge in [0.15, 0.2) is 0 Å². The molecule has 0 aliphatic rings. The largest absolute Gasteiger partial charge is 0.497 e. The van der Waals surface area contributed by atoms with Crippen LogP contribution in [0.5, 0.6) is 5.75 Å². The van der Waals surface area contributed by atoms with E-state index < -0.39 is 5.97 Å². The second-order valence-corrected chi connectivity index (χ2v) is 5.82. The molecule has 0 amide bonds. The van der Waals surface area contributed by atoms with Crippen LogP contribution in [0.4, 0.5) is 0 Å². The van der Waals surface area contributed by atoms with E-state index in [2.05, 4.69) is 31.9 Å². The molecule has 0 aliphatic heterocycles. The van der Waals surface area contributed by atoms with Crippen LogP contribution in [0, 0.1) is 0 Å². The third kappa shape index (κ3) is 3.84. The number of benzene rings is 2. The lowest BCUT2D eigenvalue weighted by Crippen LogP contribution is -2.06. The van der Waals surface area contributed by atoms with Crippen LogP contribution in [0.15, 0.2) is 51.4 Å². The van der Waals surface area contributed by atoms with Crippen LogP contribution in [0.2, 0.25) is 0 Å². The molecule has 0 saturated heterocycles. The van der Waals surface area contributed by atoms with Gasteiger partial charge in [-0.25, -0.2) is 4.79 Å². The van der Waals surface area contributed by atoms with Crippen molar-refractivity contribution >= 4 is 37.8 Å². The molecule has 0 bridgehead atoms. The minimum absolute atomic E-state index is 0.232. The van der Waals surface area contributed by atoms with Gasteiger partial charge >= 0.3 is 5.97 Å². The lowest BCUT2D eigenvalue weighted by Gasteiger charge is -2.08. The Labute approximate surface area is 134 Å².